The van der Waals surface area contributed by atoms with Crippen LogP contribution in [0.15, 0.2) is 93.1 Å². The maximum Gasteiger partial charge on any atom is 0.341 e. The number of rotatable bonds is 9. The van der Waals surface area contributed by atoms with Crippen LogP contribution in [0.4, 0.5) is 4.39 Å². The molecule has 4 rings (SSSR count). The molecular formula is C32H29FO6S2. The van der Waals surface area contributed by atoms with Gasteiger partial charge in [-0.25, -0.2) is 17.6 Å². The highest BCUT2D eigenvalue weighted by Crippen LogP contribution is 2.34. The molecule has 0 radical (unpaired) electrons. The zero-order valence-electron chi connectivity index (χ0n) is 22.8. The number of sulfone groups is 1. The molecule has 1 aliphatic carbocycles. The lowest BCUT2D eigenvalue weighted by Crippen LogP contribution is -2.15. The fourth-order valence-corrected chi connectivity index (χ4v) is 6.42. The lowest BCUT2D eigenvalue weighted by Gasteiger charge is -2.21. The minimum absolute atomic E-state index is 0.127. The molecule has 9 heteroatoms. The fourth-order valence-electron chi connectivity index (χ4n) is 4.28. The van der Waals surface area contributed by atoms with Crippen LogP contribution in [-0.4, -0.2) is 39.0 Å². The summed E-state index contributed by atoms with van der Waals surface area (Å²) in [4.78, 5) is 13.1. The van der Waals surface area contributed by atoms with Crippen molar-refractivity contribution in [2.24, 2.45) is 5.92 Å². The third kappa shape index (κ3) is 8.74. The summed E-state index contributed by atoms with van der Waals surface area (Å²) in [5, 5.41) is 8.88. The first-order valence-electron chi connectivity index (χ1n) is 12.7. The van der Waals surface area contributed by atoms with Gasteiger partial charge in [0.1, 0.15) is 23.9 Å². The van der Waals surface area contributed by atoms with Crippen molar-refractivity contribution in [3.63, 3.8) is 0 Å². The maximum absolute atomic E-state index is 13.3. The number of hydrogen-bond donors (Lipinski definition) is 1. The number of halogens is 1. The number of hydrogen-bond acceptors (Lipinski definition) is 6. The number of ether oxygens (including phenoxy) is 2. The van der Waals surface area contributed by atoms with Crippen molar-refractivity contribution in [3.8, 4) is 23.3 Å². The predicted octanol–water partition coefficient (Wildman–Crippen LogP) is 6.42. The van der Waals surface area contributed by atoms with Crippen LogP contribution in [0.1, 0.15) is 30.0 Å². The molecule has 1 unspecified atom stereocenters. The highest BCUT2D eigenvalue weighted by Gasteiger charge is 2.22. The molecule has 0 aliphatic heterocycles. The number of allylic oxidation sites excluding steroid dienone is 3. The summed E-state index contributed by atoms with van der Waals surface area (Å²) in [7, 11) is -3.25. The van der Waals surface area contributed by atoms with E-state index in [1.807, 2.05) is 44.2 Å². The van der Waals surface area contributed by atoms with E-state index in [0.29, 0.717) is 40.6 Å². The molecule has 212 valence electrons. The molecule has 1 N–H and O–H groups in total. The van der Waals surface area contributed by atoms with Crippen LogP contribution in [0, 0.1) is 30.5 Å². The molecule has 3 aromatic carbocycles. The largest absolute Gasteiger partial charge is 0.489 e. The predicted molar refractivity (Wildman–Crippen MR) is 158 cm³/mol. The van der Waals surface area contributed by atoms with Crippen LogP contribution in [0.25, 0.3) is 0 Å². The van der Waals surface area contributed by atoms with E-state index < -0.39 is 22.4 Å². The summed E-state index contributed by atoms with van der Waals surface area (Å²) in [6, 6.07) is 17.1. The number of carboxylic acid groups (broad SMARTS) is 1. The average Bonchev–Trinajstić information content (AvgIpc) is 2.90. The zero-order chi connectivity index (χ0) is 29.6. The van der Waals surface area contributed by atoms with Crippen LogP contribution in [-0.2, 0) is 14.6 Å². The summed E-state index contributed by atoms with van der Waals surface area (Å²) in [5.41, 5.74) is 3.17. The minimum Gasteiger partial charge on any atom is -0.489 e. The van der Waals surface area contributed by atoms with Gasteiger partial charge >= 0.3 is 5.97 Å². The molecule has 0 heterocycles. The lowest BCUT2D eigenvalue weighted by molar-refractivity contribution is -0.139. The highest BCUT2D eigenvalue weighted by molar-refractivity contribution is 7.99. The molecule has 41 heavy (non-hydrogen) atoms. The second kappa shape index (κ2) is 13.1. The Balaban J connectivity index is 1.58. The lowest BCUT2D eigenvalue weighted by atomic mass is 9.96. The molecule has 1 aliphatic rings. The summed E-state index contributed by atoms with van der Waals surface area (Å²) in [6.45, 7) is 3.62. The van der Waals surface area contributed by atoms with Gasteiger partial charge < -0.3 is 14.6 Å². The topological polar surface area (TPSA) is 89.9 Å². The van der Waals surface area contributed by atoms with Crippen LogP contribution >= 0.6 is 11.8 Å². The van der Waals surface area contributed by atoms with Crippen LogP contribution < -0.4 is 9.47 Å². The Labute approximate surface area is 243 Å². The first-order chi connectivity index (χ1) is 19.5. The summed E-state index contributed by atoms with van der Waals surface area (Å²) >= 11 is 1.49. The maximum atomic E-state index is 13.3. The van der Waals surface area contributed by atoms with Crippen LogP contribution in [0.3, 0.4) is 0 Å². The number of aliphatic carboxylic acids is 1. The Morgan fingerprint density at radius 2 is 1.73 bits per heavy atom. The van der Waals surface area contributed by atoms with Crippen molar-refractivity contribution in [1.29, 1.82) is 0 Å². The Morgan fingerprint density at radius 3 is 2.39 bits per heavy atom. The van der Waals surface area contributed by atoms with Crippen LogP contribution in [0.5, 0.6) is 11.5 Å². The van der Waals surface area contributed by atoms with Crippen molar-refractivity contribution < 1.29 is 32.2 Å². The van der Waals surface area contributed by atoms with E-state index in [2.05, 4.69) is 11.8 Å². The van der Waals surface area contributed by atoms with Gasteiger partial charge in [-0.3, -0.25) is 0 Å². The number of benzene rings is 3. The van der Waals surface area contributed by atoms with E-state index in [1.54, 1.807) is 30.4 Å². The van der Waals surface area contributed by atoms with Crippen molar-refractivity contribution in [3.05, 3.63) is 106 Å². The first kappa shape index (κ1) is 30.0. The molecular weight excluding hydrogens is 563 g/mol. The van der Waals surface area contributed by atoms with Gasteiger partial charge in [0.15, 0.2) is 16.4 Å². The van der Waals surface area contributed by atoms with E-state index in [4.69, 9.17) is 14.6 Å². The number of carboxylic acids is 1. The molecule has 0 amide bonds. The van der Waals surface area contributed by atoms with Crippen molar-refractivity contribution in [2.75, 3.05) is 19.5 Å². The smallest absolute Gasteiger partial charge is 0.341 e. The SMILES string of the molecule is Cc1cc(Sc2cc(C#Cc3ccc(F)cc3)cc(OCC3=CC=C(S(C)(=O)=O)C(C)C3)c2)ccc1OCC(=O)O. The van der Waals surface area contributed by atoms with E-state index in [-0.39, 0.29) is 11.7 Å². The summed E-state index contributed by atoms with van der Waals surface area (Å²) in [6.07, 6.45) is 5.27. The highest BCUT2D eigenvalue weighted by atomic mass is 32.2. The average molecular weight is 593 g/mol. The minimum atomic E-state index is -3.25. The van der Waals surface area contributed by atoms with Gasteiger partial charge in [0.25, 0.3) is 0 Å². The monoisotopic (exact) mass is 592 g/mol. The molecule has 0 fully saturated rings. The molecule has 0 aromatic heterocycles. The molecule has 0 bridgehead atoms. The Kier molecular flexibility index (Phi) is 9.58. The van der Waals surface area contributed by atoms with Gasteiger partial charge in [-0.15, -0.1) is 0 Å². The van der Waals surface area contributed by atoms with Gasteiger partial charge in [0.2, 0.25) is 0 Å². The van der Waals surface area contributed by atoms with Gasteiger partial charge in [-0.2, -0.15) is 0 Å². The first-order valence-corrected chi connectivity index (χ1v) is 15.5. The molecule has 0 saturated carbocycles. The van der Waals surface area contributed by atoms with Crippen molar-refractivity contribution >= 4 is 27.6 Å². The van der Waals surface area contributed by atoms with Gasteiger partial charge in [0, 0.05) is 32.1 Å². The molecule has 0 spiro atoms. The standard InChI is InChI=1S/C32H29FO6S2/c1-21-15-28(11-12-30(21)39-20-32(34)35)40-29-17-24(5-4-23-6-9-26(33)10-7-23)16-27(18-29)38-19-25-8-13-31(22(2)14-25)41(3,36)37/h6-13,15-18,22H,14,19-20H2,1-3H3,(H,34,35). The van der Waals surface area contributed by atoms with Gasteiger partial charge in [0.05, 0.1) is 0 Å². The fraction of sp³-hybridized carbons (Fsp3) is 0.219. The Bertz CT molecular complexity index is 1680. The quantitative estimate of drug-likeness (QED) is 0.287. The normalized spacial score (nSPS) is 14.8. The second-order valence-corrected chi connectivity index (χ2v) is 12.9. The third-order valence-electron chi connectivity index (χ3n) is 6.20. The van der Waals surface area contributed by atoms with Gasteiger partial charge in [-0.1, -0.05) is 36.6 Å². The molecule has 1 atom stereocenters. The van der Waals surface area contributed by atoms with Gasteiger partial charge in [-0.05, 0) is 97.1 Å². The third-order valence-corrected chi connectivity index (χ3v) is 8.55. The van der Waals surface area contributed by atoms with E-state index in [0.717, 1.165) is 20.9 Å². The van der Waals surface area contributed by atoms with E-state index in [9.17, 15) is 17.6 Å². The van der Waals surface area contributed by atoms with E-state index >= 15 is 0 Å². The van der Waals surface area contributed by atoms with Crippen molar-refractivity contribution in [1.82, 2.24) is 0 Å². The van der Waals surface area contributed by atoms with E-state index in [1.165, 1.54) is 30.2 Å². The number of aryl methyl sites for hydroxylation is 1. The Hall–Kier alpha value is -4.00. The molecule has 3 aromatic rings. The molecule has 6 nitrogen and oxygen atoms in total. The second-order valence-electron chi connectivity index (χ2n) is 9.72. The summed E-state index contributed by atoms with van der Waals surface area (Å²) < 4.78 is 48.8. The molecule has 0 saturated heterocycles. The summed E-state index contributed by atoms with van der Waals surface area (Å²) in [5.74, 6) is 5.79. The number of carbonyl (C=O) groups is 1. The van der Waals surface area contributed by atoms with Crippen molar-refractivity contribution in [2.45, 2.75) is 30.1 Å². The zero-order valence-corrected chi connectivity index (χ0v) is 24.4. The van der Waals surface area contributed by atoms with Crippen LogP contribution in [0.2, 0.25) is 0 Å². The Morgan fingerprint density at radius 1 is 1.00 bits per heavy atom.